The van der Waals surface area contributed by atoms with Gasteiger partial charge in [0.25, 0.3) is 5.91 Å². The maximum atomic E-state index is 13.3. The minimum Gasteiger partial charge on any atom is -0.481 e. The Labute approximate surface area is 124 Å². The largest absolute Gasteiger partial charge is 0.481 e. The standard InChI is InChI=1S/C15H14FNO3S/c1-8-10-6-9(16)2-3-11(10)21-12(8)13(18)17-7-15(4-5-15)14(19)20/h2-3,6H,4-5,7H2,1H3,(H,17,18)(H,19,20). The number of hydrogen-bond acceptors (Lipinski definition) is 3. The molecule has 1 aliphatic carbocycles. The molecule has 1 aromatic carbocycles. The third-order valence-corrected chi connectivity index (χ3v) is 5.27. The van der Waals surface area contributed by atoms with Crippen molar-refractivity contribution in [3.63, 3.8) is 0 Å². The average molecular weight is 307 g/mol. The van der Waals surface area contributed by atoms with Crippen molar-refractivity contribution in [1.82, 2.24) is 5.32 Å². The van der Waals surface area contributed by atoms with Crippen molar-refractivity contribution in [2.45, 2.75) is 19.8 Å². The van der Waals surface area contributed by atoms with Crippen molar-refractivity contribution in [1.29, 1.82) is 0 Å². The Balaban J connectivity index is 1.82. The van der Waals surface area contributed by atoms with Crippen molar-refractivity contribution < 1.29 is 19.1 Å². The highest BCUT2D eigenvalue weighted by Gasteiger charge is 2.50. The molecule has 0 radical (unpaired) electrons. The third kappa shape index (κ3) is 2.40. The van der Waals surface area contributed by atoms with Gasteiger partial charge in [-0.3, -0.25) is 9.59 Å². The topological polar surface area (TPSA) is 66.4 Å². The molecule has 0 aliphatic heterocycles. The Bertz CT molecular complexity index is 749. The van der Waals surface area contributed by atoms with Crippen LogP contribution < -0.4 is 5.32 Å². The molecule has 0 unspecified atom stereocenters. The Morgan fingerprint density at radius 1 is 1.43 bits per heavy atom. The van der Waals surface area contributed by atoms with E-state index < -0.39 is 11.4 Å². The number of amides is 1. The summed E-state index contributed by atoms with van der Waals surface area (Å²) in [5.41, 5.74) is -0.0565. The number of aryl methyl sites for hydroxylation is 1. The first-order valence-electron chi connectivity index (χ1n) is 6.63. The highest BCUT2D eigenvalue weighted by Crippen LogP contribution is 2.45. The molecule has 0 saturated heterocycles. The summed E-state index contributed by atoms with van der Waals surface area (Å²) in [6, 6.07) is 4.43. The van der Waals surface area contributed by atoms with Crippen LogP contribution in [0.2, 0.25) is 0 Å². The lowest BCUT2D eigenvalue weighted by atomic mass is 10.1. The second-order valence-corrected chi connectivity index (χ2v) is 6.52. The van der Waals surface area contributed by atoms with E-state index in [1.165, 1.54) is 23.5 Å². The molecule has 110 valence electrons. The van der Waals surface area contributed by atoms with Gasteiger partial charge in [-0.1, -0.05) is 0 Å². The summed E-state index contributed by atoms with van der Waals surface area (Å²) in [7, 11) is 0. The highest BCUT2D eigenvalue weighted by atomic mass is 32.1. The lowest BCUT2D eigenvalue weighted by molar-refractivity contribution is -0.143. The molecule has 6 heteroatoms. The van der Waals surface area contributed by atoms with Crippen LogP contribution in [0.25, 0.3) is 10.1 Å². The Hall–Kier alpha value is -1.95. The van der Waals surface area contributed by atoms with Gasteiger partial charge in [0.15, 0.2) is 0 Å². The second-order valence-electron chi connectivity index (χ2n) is 5.46. The van der Waals surface area contributed by atoms with E-state index in [9.17, 15) is 14.0 Å². The van der Waals surface area contributed by atoms with Crippen LogP contribution in [0, 0.1) is 18.2 Å². The number of halogens is 1. The van der Waals surface area contributed by atoms with Crippen LogP contribution in [0.5, 0.6) is 0 Å². The summed E-state index contributed by atoms with van der Waals surface area (Å²) in [6.45, 7) is 1.92. The van der Waals surface area contributed by atoms with E-state index >= 15 is 0 Å². The van der Waals surface area contributed by atoms with Gasteiger partial charge in [-0.2, -0.15) is 0 Å². The number of carboxylic acid groups (broad SMARTS) is 1. The molecule has 1 heterocycles. The Morgan fingerprint density at radius 3 is 2.76 bits per heavy atom. The second kappa shape index (κ2) is 4.80. The molecule has 0 bridgehead atoms. The van der Waals surface area contributed by atoms with E-state index in [4.69, 9.17) is 5.11 Å². The summed E-state index contributed by atoms with van der Waals surface area (Å²) in [6.07, 6.45) is 1.19. The van der Waals surface area contributed by atoms with Gasteiger partial charge in [-0.05, 0) is 48.9 Å². The molecule has 1 amide bonds. The minimum absolute atomic E-state index is 0.142. The molecule has 4 nitrogen and oxygen atoms in total. The maximum Gasteiger partial charge on any atom is 0.311 e. The van der Waals surface area contributed by atoms with Crippen LogP contribution in [-0.2, 0) is 4.79 Å². The summed E-state index contributed by atoms with van der Waals surface area (Å²) in [5, 5.41) is 12.5. The van der Waals surface area contributed by atoms with E-state index in [0.29, 0.717) is 17.7 Å². The number of thiophene rings is 1. The van der Waals surface area contributed by atoms with Gasteiger partial charge in [-0.15, -0.1) is 11.3 Å². The first-order chi connectivity index (χ1) is 9.93. The zero-order valence-electron chi connectivity index (χ0n) is 11.4. The number of aliphatic carboxylic acids is 1. The van der Waals surface area contributed by atoms with Crippen molar-refractivity contribution in [2.75, 3.05) is 6.54 Å². The average Bonchev–Trinajstić information content (AvgIpc) is 3.18. The number of rotatable bonds is 4. The molecule has 0 atom stereocenters. The molecule has 3 rings (SSSR count). The molecule has 1 aromatic heterocycles. The fourth-order valence-corrected chi connectivity index (χ4v) is 3.46. The lowest BCUT2D eigenvalue weighted by Gasteiger charge is -2.10. The Kier molecular flexibility index (Phi) is 3.20. The van der Waals surface area contributed by atoms with Gasteiger partial charge >= 0.3 is 5.97 Å². The zero-order chi connectivity index (χ0) is 15.2. The van der Waals surface area contributed by atoms with Gasteiger partial charge in [0.2, 0.25) is 0 Å². The summed E-state index contributed by atoms with van der Waals surface area (Å²) >= 11 is 1.29. The lowest BCUT2D eigenvalue weighted by Crippen LogP contribution is -2.34. The van der Waals surface area contributed by atoms with Gasteiger partial charge < -0.3 is 10.4 Å². The van der Waals surface area contributed by atoms with Crippen molar-refractivity contribution in [3.05, 3.63) is 34.5 Å². The maximum absolute atomic E-state index is 13.3. The number of carbonyl (C=O) groups excluding carboxylic acids is 1. The fourth-order valence-electron chi connectivity index (χ4n) is 2.36. The van der Waals surface area contributed by atoms with E-state index in [-0.39, 0.29) is 18.3 Å². The highest BCUT2D eigenvalue weighted by molar-refractivity contribution is 7.21. The minimum atomic E-state index is -0.863. The Morgan fingerprint density at radius 2 is 2.14 bits per heavy atom. The van der Waals surface area contributed by atoms with Crippen molar-refractivity contribution in [3.8, 4) is 0 Å². The number of nitrogens with one attached hydrogen (secondary N) is 1. The molecule has 21 heavy (non-hydrogen) atoms. The number of carboxylic acids is 1. The number of hydrogen-bond donors (Lipinski definition) is 2. The van der Waals surface area contributed by atoms with Crippen LogP contribution >= 0.6 is 11.3 Å². The number of fused-ring (bicyclic) bond motifs is 1. The summed E-state index contributed by atoms with van der Waals surface area (Å²) < 4.78 is 14.1. The van der Waals surface area contributed by atoms with Crippen molar-refractivity contribution in [2.24, 2.45) is 5.41 Å². The van der Waals surface area contributed by atoms with Crippen LogP contribution in [0.4, 0.5) is 4.39 Å². The molecule has 1 aliphatic rings. The molecule has 1 fully saturated rings. The van der Waals surface area contributed by atoms with Gasteiger partial charge in [0.05, 0.1) is 10.3 Å². The smallest absolute Gasteiger partial charge is 0.311 e. The quantitative estimate of drug-likeness (QED) is 0.912. The fraction of sp³-hybridized carbons (Fsp3) is 0.333. The monoisotopic (exact) mass is 307 g/mol. The molecule has 1 saturated carbocycles. The number of benzene rings is 1. The predicted octanol–water partition coefficient (Wildman–Crippen LogP) is 2.94. The van der Waals surface area contributed by atoms with Gasteiger partial charge in [0.1, 0.15) is 5.82 Å². The van der Waals surface area contributed by atoms with E-state index in [1.807, 2.05) is 0 Å². The van der Waals surface area contributed by atoms with Crippen LogP contribution in [-0.4, -0.2) is 23.5 Å². The zero-order valence-corrected chi connectivity index (χ0v) is 12.2. The van der Waals surface area contributed by atoms with Crippen LogP contribution in [0.15, 0.2) is 18.2 Å². The number of carbonyl (C=O) groups is 2. The normalized spacial score (nSPS) is 15.9. The first kappa shape index (κ1) is 14.0. The molecule has 2 N–H and O–H groups in total. The summed E-state index contributed by atoms with van der Waals surface area (Å²) in [4.78, 5) is 23.8. The first-order valence-corrected chi connectivity index (χ1v) is 7.45. The summed E-state index contributed by atoms with van der Waals surface area (Å²) in [5.74, 6) is -1.49. The van der Waals surface area contributed by atoms with E-state index in [0.717, 1.165) is 15.6 Å². The SMILES string of the molecule is Cc1c(C(=O)NCC2(C(=O)O)CC2)sc2ccc(F)cc12. The van der Waals surface area contributed by atoms with E-state index in [1.54, 1.807) is 13.0 Å². The van der Waals surface area contributed by atoms with Gasteiger partial charge in [-0.25, -0.2) is 4.39 Å². The van der Waals surface area contributed by atoms with E-state index in [2.05, 4.69) is 5.32 Å². The van der Waals surface area contributed by atoms with Gasteiger partial charge in [0, 0.05) is 11.2 Å². The van der Waals surface area contributed by atoms with Crippen LogP contribution in [0.1, 0.15) is 28.1 Å². The predicted molar refractivity (Wildman–Crippen MR) is 78.2 cm³/mol. The molecular weight excluding hydrogens is 293 g/mol. The van der Waals surface area contributed by atoms with Crippen molar-refractivity contribution >= 4 is 33.3 Å². The third-order valence-electron chi connectivity index (χ3n) is 4.00. The molecular formula is C15H14FNO3S. The van der Waals surface area contributed by atoms with Crippen LogP contribution in [0.3, 0.4) is 0 Å². The molecule has 2 aromatic rings. The molecule has 0 spiro atoms.